The Bertz CT molecular complexity index is 454. The summed E-state index contributed by atoms with van der Waals surface area (Å²) in [5.74, 6) is 2.99. The summed E-state index contributed by atoms with van der Waals surface area (Å²) < 4.78 is 15.0. The fourth-order valence-electron chi connectivity index (χ4n) is 1.08. The Balaban J connectivity index is 2.77. The quantitative estimate of drug-likeness (QED) is 0.630. The summed E-state index contributed by atoms with van der Waals surface area (Å²) in [5, 5.41) is 2.91. The zero-order valence-electron chi connectivity index (χ0n) is 9.91. The van der Waals surface area contributed by atoms with Crippen LogP contribution >= 0.6 is 30.1 Å². The fourth-order valence-corrected chi connectivity index (χ4v) is 2.62. The van der Waals surface area contributed by atoms with E-state index in [-0.39, 0.29) is 5.54 Å². The van der Waals surface area contributed by atoms with E-state index in [4.69, 9.17) is 0 Å². The van der Waals surface area contributed by atoms with Gasteiger partial charge in [-0.15, -0.1) is 0 Å². The first-order chi connectivity index (χ1) is 7.92. The third kappa shape index (κ3) is 5.91. The van der Waals surface area contributed by atoms with Gasteiger partial charge in [0.1, 0.15) is 11.0 Å². The third-order valence-corrected chi connectivity index (χ3v) is 4.04. The van der Waals surface area contributed by atoms with Crippen LogP contribution in [0.15, 0.2) is 29.2 Å². The molecule has 2 nitrogen and oxygen atoms in total. The minimum absolute atomic E-state index is 0.165. The van der Waals surface area contributed by atoms with Crippen molar-refractivity contribution in [1.82, 2.24) is 4.72 Å². The highest BCUT2D eigenvalue weighted by Crippen LogP contribution is 2.11. The van der Waals surface area contributed by atoms with Crippen molar-refractivity contribution in [2.75, 3.05) is 0 Å². The van der Waals surface area contributed by atoms with Gasteiger partial charge in [0.15, 0.2) is 0 Å². The van der Waals surface area contributed by atoms with Crippen LogP contribution < -0.4 is 4.72 Å². The molecule has 1 rings (SSSR count). The molecule has 1 N–H and O–H groups in total. The molecule has 0 aliphatic carbocycles. The van der Waals surface area contributed by atoms with E-state index in [1.807, 2.05) is 45.0 Å². The molecule has 1 aromatic carbocycles. The fraction of sp³-hybridized carbons (Fsp3) is 0.333. The number of nitrogens with one attached hydrogen (secondary N) is 1. The van der Waals surface area contributed by atoms with Gasteiger partial charge in [-0.05, 0) is 59.2 Å². The van der Waals surface area contributed by atoms with Crippen LogP contribution in [0.4, 0.5) is 0 Å². The average Bonchev–Trinajstić information content (AvgIpc) is 2.24. The number of hydrogen-bond acceptors (Lipinski definition) is 2. The first-order valence-electron chi connectivity index (χ1n) is 5.00. The molecule has 0 saturated heterocycles. The van der Waals surface area contributed by atoms with E-state index in [1.54, 1.807) is 0 Å². The van der Waals surface area contributed by atoms with Crippen molar-refractivity contribution in [2.24, 2.45) is 0 Å². The molecule has 0 bridgehead atoms. The summed E-state index contributed by atoms with van der Waals surface area (Å²) >= 11 is 2.13. The molecule has 1 unspecified atom stereocenters. The van der Waals surface area contributed by atoms with Crippen LogP contribution in [-0.2, 0) is 11.0 Å². The highest BCUT2D eigenvalue weighted by Gasteiger charge is 2.14. The van der Waals surface area contributed by atoms with E-state index in [2.05, 4.69) is 37.1 Å². The van der Waals surface area contributed by atoms with Crippen LogP contribution in [0.2, 0.25) is 0 Å². The molecule has 0 spiro atoms. The van der Waals surface area contributed by atoms with Gasteiger partial charge in [0, 0.05) is 32.3 Å². The number of rotatable bonds is 2. The van der Waals surface area contributed by atoms with E-state index in [1.165, 1.54) is 8.93 Å². The predicted octanol–water partition coefficient (Wildman–Crippen LogP) is 3.49. The van der Waals surface area contributed by atoms with E-state index in [0.717, 1.165) is 10.5 Å². The summed E-state index contributed by atoms with van der Waals surface area (Å²) in [6.45, 7) is 5.97. The number of benzene rings is 1. The van der Waals surface area contributed by atoms with Gasteiger partial charge in [0.2, 0.25) is 0 Å². The maximum atomic E-state index is 11.9. The molecule has 17 heavy (non-hydrogen) atoms. The second kappa shape index (κ2) is 6.78. The summed E-state index contributed by atoms with van der Waals surface area (Å²) in [4.78, 5) is 0.771. The molecule has 0 aliphatic rings. The molecular formula is C12H14INOS2. The van der Waals surface area contributed by atoms with Crippen molar-refractivity contribution >= 4 is 41.1 Å². The lowest BCUT2D eigenvalue weighted by molar-refractivity contribution is 0.519. The molecule has 0 heterocycles. The average molecular weight is 379 g/mol. The van der Waals surface area contributed by atoms with Crippen molar-refractivity contribution < 1.29 is 4.21 Å². The highest BCUT2D eigenvalue weighted by molar-refractivity contribution is 14.2. The molecule has 0 saturated carbocycles. The topological polar surface area (TPSA) is 29.1 Å². The summed E-state index contributed by atoms with van der Waals surface area (Å²) in [6.07, 6.45) is 0. The number of hydrogen-bond donors (Lipinski definition) is 1. The van der Waals surface area contributed by atoms with Crippen LogP contribution in [-0.4, -0.2) is 9.75 Å². The van der Waals surface area contributed by atoms with Crippen molar-refractivity contribution in [3.8, 4) is 11.2 Å². The Morgan fingerprint density at radius 3 is 2.35 bits per heavy atom. The first-order valence-corrected chi connectivity index (χ1v) is 9.51. The van der Waals surface area contributed by atoms with Gasteiger partial charge >= 0.3 is 0 Å². The van der Waals surface area contributed by atoms with Gasteiger partial charge < -0.3 is 0 Å². The van der Waals surface area contributed by atoms with Gasteiger partial charge in [-0.2, -0.15) is 0 Å². The lowest BCUT2D eigenvalue weighted by Crippen LogP contribution is -2.37. The highest BCUT2D eigenvalue weighted by atomic mass is 127. The van der Waals surface area contributed by atoms with Crippen molar-refractivity contribution in [1.29, 1.82) is 0 Å². The summed E-state index contributed by atoms with van der Waals surface area (Å²) in [6, 6.07) is 7.46. The van der Waals surface area contributed by atoms with Crippen LogP contribution in [0.5, 0.6) is 0 Å². The minimum Gasteiger partial charge on any atom is -0.237 e. The zero-order chi connectivity index (χ0) is 12.9. The van der Waals surface area contributed by atoms with Gasteiger partial charge in [-0.25, -0.2) is 8.93 Å². The van der Waals surface area contributed by atoms with Crippen molar-refractivity contribution in [2.45, 2.75) is 31.2 Å². The number of halogens is 1. The van der Waals surface area contributed by atoms with Gasteiger partial charge in [0.25, 0.3) is 0 Å². The standard InChI is InChI=1S/C12H14INOS2/c1-12(2,3)14-17(15)11-6-4-10(5-7-11)8-9-16-13/h4-7,14H,1-3H3. The molecule has 5 heteroatoms. The SMILES string of the molecule is CC(C)(C)NS(=O)c1ccc(C#CSI)cc1. The van der Waals surface area contributed by atoms with Gasteiger partial charge in [0.05, 0.1) is 4.90 Å². The predicted molar refractivity (Wildman–Crippen MR) is 84.2 cm³/mol. The van der Waals surface area contributed by atoms with E-state index in [0.29, 0.717) is 0 Å². The first kappa shape index (κ1) is 15.0. The molecule has 1 aromatic rings. The molecule has 0 aromatic heterocycles. The van der Waals surface area contributed by atoms with E-state index < -0.39 is 11.0 Å². The van der Waals surface area contributed by atoms with Crippen molar-refractivity contribution in [3.05, 3.63) is 29.8 Å². The lowest BCUT2D eigenvalue weighted by atomic mass is 10.1. The Kier molecular flexibility index (Phi) is 6.00. The monoisotopic (exact) mass is 379 g/mol. The summed E-state index contributed by atoms with van der Waals surface area (Å²) in [7, 11) is 0.280. The smallest absolute Gasteiger partial charge is 0.125 e. The Morgan fingerprint density at radius 2 is 1.88 bits per heavy atom. The maximum absolute atomic E-state index is 11.9. The molecule has 0 radical (unpaired) electrons. The van der Waals surface area contributed by atoms with Crippen LogP contribution in [0, 0.1) is 11.2 Å². The van der Waals surface area contributed by atoms with Crippen LogP contribution in [0.3, 0.4) is 0 Å². The second-order valence-electron chi connectivity index (χ2n) is 4.45. The molecule has 92 valence electrons. The van der Waals surface area contributed by atoms with Crippen molar-refractivity contribution in [3.63, 3.8) is 0 Å². The van der Waals surface area contributed by atoms with E-state index in [9.17, 15) is 4.21 Å². The molecular weight excluding hydrogens is 365 g/mol. The van der Waals surface area contributed by atoms with Gasteiger partial charge in [-0.3, -0.25) is 0 Å². The largest absolute Gasteiger partial charge is 0.237 e. The molecule has 0 aliphatic heterocycles. The Hall–Kier alpha value is -0.0300. The second-order valence-corrected chi connectivity index (χ2v) is 7.34. The Labute approximate surface area is 122 Å². The van der Waals surface area contributed by atoms with Crippen LogP contribution in [0.1, 0.15) is 26.3 Å². The normalized spacial score (nSPS) is 12.7. The molecule has 0 fully saturated rings. The minimum atomic E-state index is -1.17. The summed E-state index contributed by atoms with van der Waals surface area (Å²) in [5.41, 5.74) is 0.770. The Morgan fingerprint density at radius 1 is 1.29 bits per heavy atom. The van der Waals surface area contributed by atoms with Crippen LogP contribution in [0.25, 0.3) is 0 Å². The third-order valence-electron chi connectivity index (χ3n) is 1.70. The zero-order valence-corrected chi connectivity index (χ0v) is 13.7. The molecule has 1 atom stereocenters. The maximum Gasteiger partial charge on any atom is 0.125 e. The lowest BCUT2D eigenvalue weighted by Gasteiger charge is -2.19. The van der Waals surface area contributed by atoms with Gasteiger partial charge in [-0.1, -0.05) is 5.92 Å². The molecule has 0 amide bonds. The van der Waals surface area contributed by atoms with E-state index >= 15 is 0 Å².